The number of carbonyl (C=O) groups is 2. The summed E-state index contributed by atoms with van der Waals surface area (Å²) in [6.45, 7) is -0.727. The quantitative estimate of drug-likeness (QED) is 0.778. The van der Waals surface area contributed by atoms with E-state index >= 15 is 0 Å². The number of ether oxygens (including phenoxy) is 1. The smallest absolute Gasteiger partial charge is 0.408 e. The van der Waals surface area contributed by atoms with E-state index in [0.717, 1.165) is 34.4 Å². The van der Waals surface area contributed by atoms with E-state index in [4.69, 9.17) is 9.84 Å². The summed E-state index contributed by atoms with van der Waals surface area (Å²) in [7, 11) is 0. The number of alkyl carbamates (subject to hydrolysis) is 1. The van der Waals surface area contributed by atoms with E-state index in [1.54, 1.807) is 0 Å². The lowest BCUT2D eigenvalue weighted by Gasteiger charge is -2.16. The van der Waals surface area contributed by atoms with Crippen LogP contribution >= 0.6 is 0 Å². The zero-order valence-electron chi connectivity index (χ0n) is 13.9. The van der Waals surface area contributed by atoms with Gasteiger partial charge in [0.2, 0.25) is 0 Å². The van der Waals surface area contributed by atoms with Crippen molar-refractivity contribution in [2.75, 3.05) is 13.3 Å². The van der Waals surface area contributed by atoms with Crippen LogP contribution in [-0.4, -0.2) is 36.5 Å². The number of fused-ring (bicyclic) bond motifs is 3. The summed E-state index contributed by atoms with van der Waals surface area (Å²) >= 11 is 0. The number of hydrogen-bond donors (Lipinski definition) is 2. The maximum absolute atomic E-state index is 12.2. The van der Waals surface area contributed by atoms with E-state index in [1.807, 2.05) is 48.5 Å². The normalized spacial score (nSPS) is 13.9. The van der Waals surface area contributed by atoms with Gasteiger partial charge in [0.25, 0.3) is 0 Å². The van der Waals surface area contributed by atoms with Crippen LogP contribution in [0.5, 0.6) is 0 Å². The molecule has 0 spiro atoms. The molecule has 5 nitrogen and oxygen atoms in total. The summed E-state index contributed by atoms with van der Waals surface area (Å²) in [5.74, 6) is -1.40. The highest BCUT2D eigenvalue weighted by Crippen LogP contribution is 2.44. The number of carboxylic acid groups (broad SMARTS) is 1. The number of hydrogen-bond acceptors (Lipinski definition) is 3. The zero-order chi connectivity index (χ0) is 18.5. The van der Waals surface area contributed by atoms with E-state index in [2.05, 4.69) is 5.32 Å². The van der Waals surface area contributed by atoms with Gasteiger partial charge in [0.15, 0.2) is 0 Å². The van der Waals surface area contributed by atoms with Crippen LogP contribution < -0.4 is 5.32 Å². The molecule has 1 atom stereocenters. The van der Waals surface area contributed by atoms with E-state index in [1.165, 1.54) is 0 Å². The molecule has 2 aromatic rings. The van der Waals surface area contributed by atoms with Gasteiger partial charge in [-0.15, -0.1) is 0 Å². The first-order chi connectivity index (χ1) is 12.6. The highest BCUT2D eigenvalue weighted by Gasteiger charge is 2.29. The minimum Gasteiger partial charge on any atom is -0.479 e. The van der Waals surface area contributed by atoms with Crippen molar-refractivity contribution in [1.82, 2.24) is 5.32 Å². The number of allylic oxidation sites excluding steroid dienone is 1. The molecule has 1 aliphatic rings. The Bertz CT molecular complexity index is 804. The highest BCUT2D eigenvalue weighted by molar-refractivity contribution is 5.82. The minimum absolute atomic E-state index is 0.0824. The number of amides is 1. The van der Waals surface area contributed by atoms with Crippen LogP contribution in [0.2, 0.25) is 0 Å². The molecule has 0 saturated carbocycles. The van der Waals surface area contributed by atoms with Crippen LogP contribution in [0, 0.1) is 0 Å². The summed E-state index contributed by atoms with van der Waals surface area (Å²) in [6, 6.07) is 14.5. The fourth-order valence-corrected chi connectivity index (χ4v) is 3.15. The molecule has 6 heteroatoms. The Morgan fingerprint density at radius 2 is 1.69 bits per heavy atom. The second-order valence-electron chi connectivity index (χ2n) is 5.87. The molecule has 1 aliphatic carbocycles. The molecule has 2 aromatic carbocycles. The Morgan fingerprint density at radius 3 is 2.23 bits per heavy atom. The maximum atomic E-state index is 12.2. The molecule has 134 valence electrons. The van der Waals surface area contributed by atoms with Crippen LogP contribution in [0.25, 0.3) is 11.1 Å². The molecule has 26 heavy (non-hydrogen) atoms. The van der Waals surface area contributed by atoms with Gasteiger partial charge < -0.3 is 15.2 Å². The largest absolute Gasteiger partial charge is 0.479 e. The number of nitrogens with one attached hydrogen (secondary N) is 1. The van der Waals surface area contributed by atoms with Gasteiger partial charge in [-0.3, -0.25) is 0 Å². The van der Waals surface area contributed by atoms with Crippen molar-refractivity contribution >= 4 is 12.1 Å². The standard InChI is InChI=1S/C20H18FNO4/c21-11-5-10-18(19(23)24)22-20(25)26-12-17-15-8-3-1-6-13(15)14-7-2-4-9-16(14)17/h1-10,17-18H,11-12H2,(H,22,25)(H,23,24)/t18-/m0/s1. The molecule has 0 saturated heterocycles. The molecule has 0 fully saturated rings. The Labute approximate surface area is 150 Å². The molecule has 0 unspecified atom stereocenters. The average Bonchev–Trinajstić information content (AvgIpc) is 2.97. The van der Waals surface area contributed by atoms with E-state index in [-0.39, 0.29) is 12.5 Å². The Morgan fingerprint density at radius 1 is 1.12 bits per heavy atom. The molecule has 1 amide bonds. The van der Waals surface area contributed by atoms with Crippen molar-refractivity contribution in [2.45, 2.75) is 12.0 Å². The number of carboxylic acids is 1. The Balaban J connectivity index is 1.71. The molecule has 0 radical (unpaired) electrons. The lowest BCUT2D eigenvalue weighted by Crippen LogP contribution is -2.40. The first-order valence-corrected chi connectivity index (χ1v) is 8.18. The number of rotatable bonds is 6. The number of benzene rings is 2. The first-order valence-electron chi connectivity index (χ1n) is 8.18. The Kier molecular flexibility index (Phi) is 5.31. The number of alkyl halides is 1. The van der Waals surface area contributed by atoms with Crippen molar-refractivity contribution < 1.29 is 23.8 Å². The first kappa shape index (κ1) is 17.7. The van der Waals surface area contributed by atoms with Gasteiger partial charge in [0, 0.05) is 5.92 Å². The van der Waals surface area contributed by atoms with Gasteiger partial charge in [-0.05, 0) is 22.3 Å². The monoisotopic (exact) mass is 355 g/mol. The van der Waals surface area contributed by atoms with Gasteiger partial charge in [0.05, 0.1) is 0 Å². The average molecular weight is 355 g/mol. The van der Waals surface area contributed by atoms with Gasteiger partial charge in [-0.25, -0.2) is 14.0 Å². The summed E-state index contributed by atoms with van der Waals surface area (Å²) < 4.78 is 17.4. The summed E-state index contributed by atoms with van der Waals surface area (Å²) in [5, 5.41) is 11.3. The molecule has 3 rings (SSSR count). The number of aliphatic carboxylic acids is 1. The van der Waals surface area contributed by atoms with Crippen molar-refractivity contribution in [1.29, 1.82) is 0 Å². The predicted molar refractivity (Wildman–Crippen MR) is 94.7 cm³/mol. The highest BCUT2D eigenvalue weighted by atomic mass is 19.1. The van der Waals surface area contributed by atoms with Gasteiger partial charge >= 0.3 is 12.1 Å². The fourth-order valence-electron chi connectivity index (χ4n) is 3.15. The topological polar surface area (TPSA) is 75.6 Å². The summed E-state index contributed by atoms with van der Waals surface area (Å²) in [6.07, 6.45) is 1.24. The van der Waals surface area contributed by atoms with Crippen LogP contribution in [0.3, 0.4) is 0 Å². The lowest BCUT2D eigenvalue weighted by molar-refractivity contribution is -0.138. The van der Waals surface area contributed by atoms with Gasteiger partial charge in [0.1, 0.15) is 19.3 Å². The minimum atomic E-state index is -1.33. The molecule has 0 aliphatic heterocycles. The van der Waals surface area contributed by atoms with Crippen molar-refractivity contribution in [3.8, 4) is 11.1 Å². The van der Waals surface area contributed by atoms with Crippen molar-refractivity contribution in [3.05, 3.63) is 71.8 Å². The lowest BCUT2D eigenvalue weighted by atomic mass is 9.98. The molecule has 0 heterocycles. The third-order valence-electron chi connectivity index (χ3n) is 4.30. The molecular weight excluding hydrogens is 337 g/mol. The maximum Gasteiger partial charge on any atom is 0.408 e. The third kappa shape index (κ3) is 3.59. The van der Waals surface area contributed by atoms with Crippen LogP contribution in [0.15, 0.2) is 60.7 Å². The van der Waals surface area contributed by atoms with E-state index in [0.29, 0.717) is 0 Å². The third-order valence-corrected chi connectivity index (χ3v) is 4.30. The van der Waals surface area contributed by atoms with Gasteiger partial charge in [-0.2, -0.15) is 0 Å². The zero-order valence-corrected chi connectivity index (χ0v) is 13.9. The van der Waals surface area contributed by atoms with Crippen molar-refractivity contribution in [3.63, 3.8) is 0 Å². The van der Waals surface area contributed by atoms with Crippen molar-refractivity contribution in [2.24, 2.45) is 0 Å². The molecule has 0 bridgehead atoms. The Hall–Kier alpha value is -3.15. The number of carbonyl (C=O) groups excluding carboxylic acids is 1. The summed E-state index contributed by atoms with van der Waals surface area (Å²) in [4.78, 5) is 23.1. The van der Waals surface area contributed by atoms with E-state index in [9.17, 15) is 14.0 Å². The van der Waals surface area contributed by atoms with Gasteiger partial charge in [-0.1, -0.05) is 60.7 Å². The van der Waals surface area contributed by atoms with Crippen LogP contribution in [0.1, 0.15) is 17.0 Å². The second-order valence-corrected chi connectivity index (χ2v) is 5.87. The van der Waals surface area contributed by atoms with Crippen LogP contribution in [0.4, 0.5) is 9.18 Å². The molecule has 0 aromatic heterocycles. The van der Waals surface area contributed by atoms with E-state index < -0.39 is 24.8 Å². The summed E-state index contributed by atoms with van der Waals surface area (Å²) in [5.41, 5.74) is 4.33. The molecule has 2 N–H and O–H groups in total. The predicted octanol–water partition coefficient (Wildman–Crippen LogP) is 3.50. The fraction of sp³-hybridized carbons (Fsp3) is 0.200. The molecular formula is C20H18FNO4. The second kappa shape index (κ2) is 7.82. The van der Waals surface area contributed by atoms with Crippen LogP contribution in [-0.2, 0) is 9.53 Å². The SMILES string of the molecule is O=C(N[C@@H](C=CCF)C(=O)O)OCC1c2ccccc2-c2ccccc21. The number of halogens is 1.